The van der Waals surface area contributed by atoms with Crippen molar-refractivity contribution in [2.75, 3.05) is 7.05 Å². The first-order chi connectivity index (χ1) is 6.45. The molecule has 5 heteroatoms. The van der Waals surface area contributed by atoms with E-state index in [1.54, 1.807) is 13.0 Å². The molecule has 2 nitrogen and oxygen atoms in total. The Morgan fingerprint density at radius 1 is 1.36 bits per heavy atom. The third-order valence-electron chi connectivity index (χ3n) is 1.88. The average molecular weight is 204 g/mol. The summed E-state index contributed by atoms with van der Waals surface area (Å²) >= 11 is 0. The Kier molecular flexibility index (Phi) is 3.10. The van der Waals surface area contributed by atoms with Gasteiger partial charge in [-0.1, -0.05) is 6.07 Å². The summed E-state index contributed by atoms with van der Waals surface area (Å²) in [5, 5.41) is 2.21. The van der Waals surface area contributed by atoms with Gasteiger partial charge >= 0.3 is 6.18 Å². The quantitative estimate of drug-likeness (QED) is 0.798. The van der Waals surface area contributed by atoms with Crippen LogP contribution in [0.15, 0.2) is 18.3 Å². The minimum Gasteiger partial charge on any atom is -0.305 e. The summed E-state index contributed by atoms with van der Waals surface area (Å²) in [6.45, 7) is 1.73. The van der Waals surface area contributed by atoms with Crippen LogP contribution in [0.5, 0.6) is 0 Å². The highest BCUT2D eigenvalue weighted by Crippen LogP contribution is 2.31. The van der Waals surface area contributed by atoms with Crippen molar-refractivity contribution in [1.29, 1.82) is 0 Å². The van der Waals surface area contributed by atoms with E-state index in [4.69, 9.17) is 0 Å². The second-order valence-electron chi connectivity index (χ2n) is 3.00. The smallest absolute Gasteiger partial charge is 0.305 e. The molecule has 0 fully saturated rings. The van der Waals surface area contributed by atoms with Crippen molar-refractivity contribution in [1.82, 2.24) is 10.3 Å². The Balaban J connectivity index is 2.96. The Labute approximate surface area is 80.2 Å². The first-order valence-electron chi connectivity index (χ1n) is 4.11. The van der Waals surface area contributed by atoms with Crippen LogP contribution in [-0.4, -0.2) is 18.2 Å². The third-order valence-corrected chi connectivity index (χ3v) is 1.88. The van der Waals surface area contributed by atoms with Crippen molar-refractivity contribution in [2.24, 2.45) is 0 Å². The molecule has 1 unspecified atom stereocenters. The van der Waals surface area contributed by atoms with Crippen molar-refractivity contribution >= 4 is 0 Å². The molecule has 0 aliphatic heterocycles. The summed E-state index contributed by atoms with van der Waals surface area (Å²) in [6, 6.07) is 1.35. The molecule has 1 rings (SSSR count). The third kappa shape index (κ3) is 2.45. The molecule has 0 spiro atoms. The van der Waals surface area contributed by atoms with Gasteiger partial charge in [0.25, 0.3) is 0 Å². The van der Waals surface area contributed by atoms with Crippen molar-refractivity contribution in [2.45, 2.75) is 19.1 Å². The number of nitrogens with zero attached hydrogens (tertiary/aromatic N) is 1. The summed E-state index contributed by atoms with van der Waals surface area (Å²) in [5.41, 5.74) is 0.830. The fourth-order valence-electron chi connectivity index (χ4n) is 1.17. The largest absolute Gasteiger partial charge is 0.407 e. The van der Waals surface area contributed by atoms with Crippen molar-refractivity contribution in [3.05, 3.63) is 29.6 Å². The molecular weight excluding hydrogens is 193 g/mol. The van der Waals surface area contributed by atoms with E-state index in [-0.39, 0.29) is 5.56 Å². The molecular formula is C9H11F3N2. The van der Waals surface area contributed by atoms with E-state index < -0.39 is 12.2 Å². The van der Waals surface area contributed by atoms with E-state index in [1.807, 2.05) is 0 Å². The van der Waals surface area contributed by atoms with Crippen LogP contribution in [0, 0.1) is 6.92 Å². The lowest BCUT2D eigenvalue weighted by Gasteiger charge is -2.19. The van der Waals surface area contributed by atoms with Gasteiger partial charge in [0.1, 0.15) is 6.04 Å². The maximum Gasteiger partial charge on any atom is 0.407 e. The standard InChI is InChI=1S/C9H11F3N2/c1-6-3-4-7(5-14-6)8(13-2)9(10,11)12/h3-5,8,13H,1-2H3. The van der Waals surface area contributed by atoms with Gasteiger partial charge in [-0.2, -0.15) is 13.2 Å². The highest BCUT2D eigenvalue weighted by atomic mass is 19.4. The van der Waals surface area contributed by atoms with E-state index >= 15 is 0 Å². The van der Waals surface area contributed by atoms with E-state index in [9.17, 15) is 13.2 Å². The summed E-state index contributed by atoms with van der Waals surface area (Å²) in [4.78, 5) is 3.82. The highest BCUT2D eigenvalue weighted by molar-refractivity contribution is 5.18. The zero-order valence-corrected chi connectivity index (χ0v) is 7.89. The molecule has 1 N–H and O–H groups in total. The van der Waals surface area contributed by atoms with Crippen molar-refractivity contribution in [3.8, 4) is 0 Å². The number of aryl methyl sites for hydroxylation is 1. The second kappa shape index (κ2) is 3.96. The molecule has 14 heavy (non-hydrogen) atoms. The van der Waals surface area contributed by atoms with Gasteiger partial charge in [0.15, 0.2) is 0 Å². The maximum absolute atomic E-state index is 12.4. The van der Waals surface area contributed by atoms with Crippen LogP contribution in [0.3, 0.4) is 0 Å². The number of aromatic nitrogens is 1. The number of rotatable bonds is 2. The van der Waals surface area contributed by atoms with E-state index in [1.165, 1.54) is 19.3 Å². The van der Waals surface area contributed by atoms with Gasteiger partial charge in [-0.25, -0.2) is 0 Å². The van der Waals surface area contributed by atoms with Crippen LogP contribution in [0.4, 0.5) is 13.2 Å². The number of alkyl halides is 3. The molecule has 0 aromatic carbocycles. The highest BCUT2D eigenvalue weighted by Gasteiger charge is 2.39. The summed E-state index contributed by atoms with van der Waals surface area (Å²) in [7, 11) is 1.28. The number of halogens is 3. The molecule has 1 heterocycles. The minimum atomic E-state index is -4.29. The van der Waals surface area contributed by atoms with Crippen LogP contribution in [-0.2, 0) is 0 Å². The Morgan fingerprint density at radius 3 is 2.36 bits per heavy atom. The van der Waals surface area contributed by atoms with Crippen LogP contribution < -0.4 is 5.32 Å². The number of hydrogen-bond donors (Lipinski definition) is 1. The number of nitrogens with one attached hydrogen (secondary N) is 1. The lowest BCUT2D eigenvalue weighted by Crippen LogP contribution is -2.31. The molecule has 78 valence electrons. The van der Waals surface area contributed by atoms with E-state index in [2.05, 4.69) is 10.3 Å². The molecule has 1 atom stereocenters. The molecule has 1 aromatic heterocycles. The van der Waals surface area contributed by atoms with Gasteiger partial charge in [-0.15, -0.1) is 0 Å². The lowest BCUT2D eigenvalue weighted by atomic mass is 10.1. The maximum atomic E-state index is 12.4. The first kappa shape index (κ1) is 11.0. The van der Waals surface area contributed by atoms with Gasteiger partial charge in [0.05, 0.1) is 0 Å². The zero-order valence-electron chi connectivity index (χ0n) is 7.89. The monoisotopic (exact) mass is 204 g/mol. The molecule has 0 saturated carbocycles. The first-order valence-corrected chi connectivity index (χ1v) is 4.11. The fourth-order valence-corrected chi connectivity index (χ4v) is 1.17. The van der Waals surface area contributed by atoms with Crippen LogP contribution in [0.2, 0.25) is 0 Å². The average Bonchev–Trinajstić information content (AvgIpc) is 2.07. The van der Waals surface area contributed by atoms with Crippen molar-refractivity contribution < 1.29 is 13.2 Å². The predicted octanol–water partition coefficient (Wildman–Crippen LogP) is 2.21. The summed E-state index contributed by atoms with van der Waals surface area (Å²) in [6.07, 6.45) is -3.05. The lowest BCUT2D eigenvalue weighted by molar-refractivity contribution is -0.156. The predicted molar refractivity (Wildman–Crippen MR) is 46.8 cm³/mol. The van der Waals surface area contributed by atoms with Crippen LogP contribution in [0.1, 0.15) is 17.3 Å². The van der Waals surface area contributed by atoms with E-state index in [0.29, 0.717) is 5.69 Å². The normalized spacial score (nSPS) is 14.1. The zero-order chi connectivity index (χ0) is 10.8. The SMILES string of the molecule is CNC(c1ccc(C)nc1)C(F)(F)F. The molecule has 0 aliphatic carbocycles. The number of hydrogen-bond acceptors (Lipinski definition) is 2. The minimum absolute atomic E-state index is 0.130. The summed E-state index contributed by atoms with van der Waals surface area (Å²) < 4.78 is 37.2. The summed E-state index contributed by atoms with van der Waals surface area (Å²) in [5.74, 6) is 0. The van der Waals surface area contributed by atoms with Gasteiger partial charge in [-0.3, -0.25) is 4.98 Å². The van der Waals surface area contributed by atoms with Gasteiger partial charge in [0.2, 0.25) is 0 Å². The number of pyridine rings is 1. The topological polar surface area (TPSA) is 24.9 Å². The molecule has 0 amide bonds. The molecule has 1 aromatic rings. The molecule has 0 radical (unpaired) electrons. The Morgan fingerprint density at radius 2 is 2.00 bits per heavy atom. The van der Waals surface area contributed by atoms with Crippen molar-refractivity contribution in [3.63, 3.8) is 0 Å². The second-order valence-corrected chi connectivity index (χ2v) is 3.00. The Hall–Kier alpha value is -1.10. The van der Waals surface area contributed by atoms with Crippen LogP contribution >= 0.6 is 0 Å². The fraction of sp³-hybridized carbons (Fsp3) is 0.444. The van der Waals surface area contributed by atoms with Gasteiger partial charge in [0, 0.05) is 11.9 Å². The van der Waals surface area contributed by atoms with E-state index in [0.717, 1.165) is 0 Å². The van der Waals surface area contributed by atoms with Gasteiger partial charge < -0.3 is 5.32 Å². The Bertz CT molecular complexity index is 292. The van der Waals surface area contributed by atoms with Crippen LogP contribution in [0.25, 0.3) is 0 Å². The molecule has 0 bridgehead atoms. The molecule has 0 aliphatic rings. The molecule has 0 saturated heterocycles. The van der Waals surface area contributed by atoms with Gasteiger partial charge in [-0.05, 0) is 25.6 Å².